The Morgan fingerprint density at radius 1 is 1.25 bits per heavy atom. The molecule has 1 N–H and O–H groups in total. The predicted molar refractivity (Wildman–Crippen MR) is 84.6 cm³/mol. The van der Waals surface area contributed by atoms with Gasteiger partial charge in [-0.25, -0.2) is 0 Å². The molecule has 4 heteroatoms. The fourth-order valence-corrected chi connectivity index (χ4v) is 4.47. The van der Waals surface area contributed by atoms with Gasteiger partial charge in [0, 0.05) is 41.1 Å². The molecule has 2 atom stereocenters. The van der Waals surface area contributed by atoms with Crippen LogP contribution < -0.4 is 5.32 Å². The van der Waals surface area contributed by atoms with E-state index in [1.54, 1.807) is 0 Å². The molecule has 1 aliphatic heterocycles. The highest BCUT2D eigenvalue weighted by Gasteiger charge is 2.23. The van der Waals surface area contributed by atoms with Crippen LogP contribution in [0.5, 0.6) is 0 Å². The van der Waals surface area contributed by atoms with Gasteiger partial charge in [0.05, 0.1) is 0 Å². The van der Waals surface area contributed by atoms with Gasteiger partial charge in [0.15, 0.2) is 0 Å². The number of hydrogen-bond donors (Lipinski definition) is 1. The average Bonchev–Trinajstić information content (AvgIpc) is 2.44. The third-order valence-corrected chi connectivity index (χ3v) is 5.74. The largest absolute Gasteiger partial charge is 0.381 e. The van der Waals surface area contributed by atoms with Crippen LogP contribution >= 0.6 is 0 Å². The van der Waals surface area contributed by atoms with E-state index in [1.165, 1.54) is 16.7 Å². The standard InChI is InChI=1S/C16H25NO2S/c1-12-8-13(2)10-14(9-12)16(17-3)11-20(18)15-4-6-19-7-5-15/h8-10,15-17H,4-7,11H2,1-3H3. The molecule has 1 saturated heterocycles. The Bertz CT molecular complexity index is 449. The molecule has 0 aliphatic carbocycles. The lowest BCUT2D eigenvalue weighted by Gasteiger charge is -2.24. The quantitative estimate of drug-likeness (QED) is 0.907. The van der Waals surface area contributed by atoms with Crippen LogP contribution in [0.2, 0.25) is 0 Å². The molecule has 1 heterocycles. The lowest BCUT2D eigenvalue weighted by Crippen LogP contribution is -2.31. The van der Waals surface area contributed by atoms with Crippen LogP contribution in [-0.4, -0.2) is 35.5 Å². The van der Waals surface area contributed by atoms with Gasteiger partial charge >= 0.3 is 0 Å². The van der Waals surface area contributed by atoms with Crippen LogP contribution in [0.1, 0.15) is 35.6 Å². The molecule has 1 aliphatic rings. The summed E-state index contributed by atoms with van der Waals surface area (Å²) in [6.07, 6.45) is 1.85. The second-order valence-corrected chi connectivity index (χ2v) is 7.38. The van der Waals surface area contributed by atoms with E-state index in [4.69, 9.17) is 4.74 Å². The molecule has 0 spiro atoms. The summed E-state index contributed by atoms with van der Waals surface area (Å²) in [5.41, 5.74) is 3.76. The molecule has 0 amide bonds. The van der Waals surface area contributed by atoms with Gasteiger partial charge in [0.1, 0.15) is 0 Å². The van der Waals surface area contributed by atoms with Crippen LogP contribution in [-0.2, 0) is 15.5 Å². The highest BCUT2D eigenvalue weighted by molar-refractivity contribution is 7.85. The van der Waals surface area contributed by atoms with Crippen LogP contribution in [0, 0.1) is 13.8 Å². The van der Waals surface area contributed by atoms with E-state index in [0.29, 0.717) is 11.0 Å². The van der Waals surface area contributed by atoms with Crippen LogP contribution in [0.4, 0.5) is 0 Å². The number of hydrogen-bond acceptors (Lipinski definition) is 3. The van der Waals surface area contributed by atoms with Crippen molar-refractivity contribution < 1.29 is 8.95 Å². The molecule has 3 nitrogen and oxygen atoms in total. The maximum atomic E-state index is 12.5. The number of ether oxygens (including phenoxy) is 1. The molecule has 20 heavy (non-hydrogen) atoms. The van der Waals surface area contributed by atoms with Gasteiger partial charge in [-0.1, -0.05) is 29.3 Å². The summed E-state index contributed by atoms with van der Waals surface area (Å²) < 4.78 is 17.9. The normalized spacial score (nSPS) is 19.8. The smallest absolute Gasteiger partial charge is 0.0477 e. The van der Waals surface area contributed by atoms with Crippen molar-refractivity contribution in [2.75, 3.05) is 26.0 Å². The summed E-state index contributed by atoms with van der Waals surface area (Å²) in [4.78, 5) is 0. The SMILES string of the molecule is CNC(CS(=O)C1CCOCC1)c1cc(C)cc(C)c1. The van der Waals surface area contributed by atoms with Crippen LogP contribution in [0.25, 0.3) is 0 Å². The number of benzene rings is 1. The van der Waals surface area contributed by atoms with Gasteiger partial charge < -0.3 is 10.1 Å². The molecule has 2 rings (SSSR count). The van der Waals surface area contributed by atoms with Gasteiger partial charge in [-0.3, -0.25) is 4.21 Å². The van der Waals surface area contributed by atoms with Crippen molar-refractivity contribution >= 4 is 10.8 Å². The van der Waals surface area contributed by atoms with E-state index < -0.39 is 10.8 Å². The molecule has 0 bridgehead atoms. The molecular formula is C16H25NO2S. The van der Waals surface area contributed by atoms with Crippen molar-refractivity contribution in [3.05, 3.63) is 34.9 Å². The van der Waals surface area contributed by atoms with Crippen molar-refractivity contribution in [3.8, 4) is 0 Å². The summed E-state index contributed by atoms with van der Waals surface area (Å²) in [6, 6.07) is 6.72. The predicted octanol–water partition coefficient (Wildman–Crippen LogP) is 2.49. The second-order valence-electron chi connectivity index (χ2n) is 5.62. The van der Waals surface area contributed by atoms with Crippen molar-refractivity contribution in [1.82, 2.24) is 5.32 Å². The first-order chi connectivity index (χ1) is 9.60. The maximum Gasteiger partial charge on any atom is 0.0477 e. The first-order valence-electron chi connectivity index (χ1n) is 7.30. The Kier molecular flexibility index (Phi) is 5.75. The third kappa shape index (κ3) is 4.14. The highest BCUT2D eigenvalue weighted by Crippen LogP contribution is 2.21. The Labute approximate surface area is 124 Å². The van der Waals surface area contributed by atoms with Gasteiger partial charge in [-0.2, -0.15) is 0 Å². The fourth-order valence-electron chi connectivity index (χ4n) is 2.80. The average molecular weight is 295 g/mol. The van der Waals surface area contributed by atoms with Crippen molar-refractivity contribution in [2.45, 2.75) is 38.0 Å². The summed E-state index contributed by atoms with van der Waals surface area (Å²) >= 11 is 0. The molecule has 2 unspecified atom stereocenters. The molecule has 0 radical (unpaired) electrons. The van der Waals surface area contributed by atoms with Crippen LogP contribution in [0.15, 0.2) is 18.2 Å². The van der Waals surface area contributed by atoms with Gasteiger partial charge in [-0.15, -0.1) is 0 Å². The minimum Gasteiger partial charge on any atom is -0.381 e. The fraction of sp³-hybridized carbons (Fsp3) is 0.625. The lowest BCUT2D eigenvalue weighted by atomic mass is 10.0. The Morgan fingerprint density at radius 3 is 2.40 bits per heavy atom. The zero-order valence-corrected chi connectivity index (χ0v) is 13.5. The molecule has 112 valence electrons. The van der Waals surface area contributed by atoms with E-state index in [-0.39, 0.29) is 6.04 Å². The van der Waals surface area contributed by atoms with Gasteiger partial charge in [-0.05, 0) is 39.3 Å². The first-order valence-corrected chi connectivity index (χ1v) is 8.68. The van der Waals surface area contributed by atoms with Crippen LogP contribution in [0.3, 0.4) is 0 Å². The molecule has 1 aromatic rings. The zero-order valence-electron chi connectivity index (χ0n) is 12.6. The third-order valence-electron chi connectivity index (χ3n) is 3.87. The minimum absolute atomic E-state index is 0.164. The van der Waals surface area contributed by atoms with Crippen molar-refractivity contribution in [1.29, 1.82) is 0 Å². The zero-order chi connectivity index (χ0) is 14.5. The van der Waals surface area contributed by atoms with E-state index in [1.807, 2.05) is 7.05 Å². The summed E-state index contributed by atoms with van der Waals surface area (Å²) in [5.74, 6) is 0.685. The summed E-state index contributed by atoms with van der Waals surface area (Å²) in [5, 5.41) is 3.62. The monoisotopic (exact) mass is 295 g/mol. The molecule has 1 aromatic carbocycles. The lowest BCUT2D eigenvalue weighted by molar-refractivity contribution is 0.0992. The molecule has 0 aromatic heterocycles. The highest BCUT2D eigenvalue weighted by atomic mass is 32.2. The van der Waals surface area contributed by atoms with E-state index in [9.17, 15) is 4.21 Å². The van der Waals surface area contributed by atoms with E-state index in [2.05, 4.69) is 37.4 Å². The topological polar surface area (TPSA) is 38.3 Å². The first kappa shape index (κ1) is 15.7. The summed E-state index contributed by atoms with van der Waals surface area (Å²) in [6.45, 7) is 5.73. The summed E-state index contributed by atoms with van der Waals surface area (Å²) in [7, 11) is 1.16. The molecular weight excluding hydrogens is 270 g/mol. The van der Waals surface area contributed by atoms with Crippen molar-refractivity contribution in [3.63, 3.8) is 0 Å². The maximum absolute atomic E-state index is 12.5. The molecule has 0 saturated carbocycles. The molecule has 1 fully saturated rings. The minimum atomic E-state index is -0.793. The van der Waals surface area contributed by atoms with Gasteiger partial charge in [0.2, 0.25) is 0 Å². The van der Waals surface area contributed by atoms with Gasteiger partial charge in [0.25, 0.3) is 0 Å². The number of rotatable bonds is 5. The Morgan fingerprint density at radius 2 is 1.85 bits per heavy atom. The number of aryl methyl sites for hydroxylation is 2. The van der Waals surface area contributed by atoms with E-state index in [0.717, 1.165) is 26.1 Å². The van der Waals surface area contributed by atoms with E-state index >= 15 is 0 Å². The Hall–Kier alpha value is -0.710. The second kappa shape index (κ2) is 7.34. The Balaban J connectivity index is 2.05. The number of nitrogens with one attached hydrogen (secondary N) is 1. The van der Waals surface area contributed by atoms with Crippen molar-refractivity contribution in [2.24, 2.45) is 0 Å².